The molecule has 1 heterocycles. The summed E-state index contributed by atoms with van der Waals surface area (Å²) in [6.07, 6.45) is -6.87. The van der Waals surface area contributed by atoms with E-state index in [0.717, 1.165) is 5.56 Å². The molecule has 1 fully saturated rings. The fourth-order valence-electron chi connectivity index (χ4n) is 3.19. The standard InChI is InChI=1S/C21H24O8/c1-11(20(26)27)12-6-8-13(9-7-12)14-4-2-3-5-15(14)28-21-19(25)18(24)17(23)16(10-22)29-21/h2-9,11,16-19,21-25H,10H2,1H3,(H,26,27)/t11?,16-,17-,18+,19+,21+/m1/s1. The Balaban J connectivity index is 1.85. The summed E-state index contributed by atoms with van der Waals surface area (Å²) in [5.41, 5.74) is 2.08. The van der Waals surface area contributed by atoms with E-state index in [4.69, 9.17) is 14.6 Å². The lowest BCUT2D eigenvalue weighted by Gasteiger charge is -2.39. The quantitative estimate of drug-likeness (QED) is 0.475. The predicted molar refractivity (Wildman–Crippen MR) is 102 cm³/mol. The lowest BCUT2D eigenvalue weighted by atomic mass is 9.97. The van der Waals surface area contributed by atoms with Gasteiger partial charge in [-0.1, -0.05) is 42.5 Å². The highest BCUT2D eigenvalue weighted by molar-refractivity contribution is 5.76. The van der Waals surface area contributed by atoms with Gasteiger partial charge in [0.15, 0.2) is 0 Å². The summed E-state index contributed by atoms with van der Waals surface area (Å²) < 4.78 is 11.2. The van der Waals surface area contributed by atoms with Gasteiger partial charge in [-0.25, -0.2) is 0 Å². The molecule has 1 saturated heterocycles. The monoisotopic (exact) mass is 404 g/mol. The van der Waals surface area contributed by atoms with Gasteiger partial charge < -0.3 is 35.0 Å². The average molecular weight is 404 g/mol. The first-order valence-corrected chi connectivity index (χ1v) is 9.22. The van der Waals surface area contributed by atoms with Gasteiger partial charge >= 0.3 is 5.97 Å². The Morgan fingerprint density at radius 2 is 1.69 bits per heavy atom. The average Bonchev–Trinajstić information content (AvgIpc) is 2.74. The normalized spacial score (nSPS) is 28.0. The topological polar surface area (TPSA) is 137 Å². The molecule has 1 aliphatic heterocycles. The smallest absolute Gasteiger partial charge is 0.310 e. The molecule has 6 atom stereocenters. The van der Waals surface area contributed by atoms with E-state index in [0.29, 0.717) is 16.9 Å². The Bertz CT molecular complexity index is 835. The van der Waals surface area contributed by atoms with E-state index in [1.165, 1.54) is 0 Å². The maximum atomic E-state index is 11.1. The van der Waals surface area contributed by atoms with Crippen LogP contribution in [0.2, 0.25) is 0 Å². The molecule has 0 saturated carbocycles. The number of aliphatic hydroxyl groups excluding tert-OH is 4. The summed E-state index contributed by atoms with van der Waals surface area (Å²) in [4.78, 5) is 11.1. The van der Waals surface area contributed by atoms with Gasteiger partial charge in [0.25, 0.3) is 0 Å². The van der Waals surface area contributed by atoms with Crippen LogP contribution in [0.3, 0.4) is 0 Å². The van der Waals surface area contributed by atoms with Crippen molar-refractivity contribution in [2.24, 2.45) is 0 Å². The fourth-order valence-corrected chi connectivity index (χ4v) is 3.19. The zero-order chi connectivity index (χ0) is 21.1. The van der Waals surface area contributed by atoms with Gasteiger partial charge in [0.1, 0.15) is 30.2 Å². The van der Waals surface area contributed by atoms with Crippen LogP contribution in [-0.4, -0.2) is 68.8 Å². The first kappa shape index (κ1) is 21.2. The number of para-hydroxylation sites is 1. The molecule has 2 aromatic rings. The number of hydrogen-bond acceptors (Lipinski definition) is 7. The maximum absolute atomic E-state index is 11.1. The molecule has 0 bridgehead atoms. The van der Waals surface area contributed by atoms with Crippen molar-refractivity contribution < 1.29 is 39.8 Å². The molecule has 1 unspecified atom stereocenters. The van der Waals surface area contributed by atoms with Crippen molar-refractivity contribution in [3.05, 3.63) is 54.1 Å². The van der Waals surface area contributed by atoms with E-state index in [9.17, 15) is 25.2 Å². The highest BCUT2D eigenvalue weighted by Crippen LogP contribution is 2.33. The van der Waals surface area contributed by atoms with Gasteiger partial charge in [-0.3, -0.25) is 4.79 Å². The third-order valence-electron chi connectivity index (χ3n) is 5.07. The minimum atomic E-state index is -1.53. The number of ether oxygens (including phenoxy) is 2. The second-order valence-corrected chi connectivity index (χ2v) is 6.99. The summed E-state index contributed by atoms with van der Waals surface area (Å²) in [7, 11) is 0. The van der Waals surface area contributed by atoms with E-state index >= 15 is 0 Å². The SMILES string of the molecule is CC(C(=O)O)c1ccc(-c2ccccc2O[C@H]2O[C@H](CO)[C@@H](O)[C@H](O)[C@@H]2O)cc1. The molecule has 0 spiro atoms. The largest absolute Gasteiger partial charge is 0.481 e. The van der Waals surface area contributed by atoms with E-state index in [1.807, 2.05) is 0 Å². The number of carbonyl (C=O) groups is 1. The Morgan fingerprint density at radius 1 is 1.03 bits per heavy atom. The molecule has 5 N–H and O–H groups in total. The third-order valence-corrected chi connectivity index (χ3v) is 5.07. The second kappa shape index (κ2) is 8.89. The molecule has 0 aliphatic carbocycles. The zero-order valence-corrected chi connectivity index (χ0v) is 15.8. The lowest BCUT2D eigenvalue weighted by Crippen LogP contribution is -2.60. The summed E-state index contributed by atoms with van der Waals surface area (Å²) in [5.74, 6) is -1.19. The van der Waals surface area contributed by atoms with E-state index in [-0.39, 0.29) is 0 Å². The molecule has 0 aromatic heterocycles. The lowest BCUT2D eigenvalue weighted by molar-refractivity contribution is -0.277. The van der Waals surface area contributed by atoms with Crippen molar-refractivity contribution in [2.75, 3.05) is 6.61 Å². The molecule has 1 aliphatic rings. The first-order valence-electron chi connectivity index (χ1n) is 9.22. The van der Waals surface area contributed by atoms with Crippen LogP contribution < -0.4 is 4.74 Å². The number of aliphatic hydroxyl groups is 4. The van der Waals surface area contributed by atoms with Crippen LogP contribution in [0.4, 0.5) is 0 Å². The second-order valence-electron chi connectivity index (χ2n) is 6.99. The highest BCUT2D eigenvalue weighted by Gasteiger charge is 2.44. The Hall–Kier alpha value is -2.49. The number of carboxylic acid groups (broad SMARTS) is 1. The summed E-state index contributed by atoms with van der Waals surface area (Å²) in [6.45, 7) is 1.06. The number of rotatable bonds is 6. The molecule has 29 heavy (non-hydrogen) atoms. The van der Waals surface area contributed by atoms with Crippen LogP contribution in [-0.2, 0) is 9.53 Å². The van der Waals surface area contributed by atoms with Crippen molar-refractivity contribution in [1.82, 2.24) is 0 Å². The van der Waals surface area contributed by atoms with Gasteiger partial charge in [0, 0.05) is 5.56 Å². The molecule has 0 radical (unpaired) electrons. The van der Waals surface area contributed by atoms with E-state index < -0.39 is 49.2 Å². The molecule has 8 nitrogen and oxygen atoms in total. The van der Waals surface area contributed by atoms with Gasteiger partial charge in [-0.15, -0.1) is 0 Å². The van der Waals surface area contributed by atoms with Gasteiger partial charge in [-0.05, 0) is 24.1 Å². The molecule has 3 rings (SSSR count). The Labute approximate surface area is 167 Å². The molecular formula is C21H24O8. The first-order chi connectivity index (χ1) is 13.8. The molecule has 8 heteroatoms. The van der Waals surface area contributed by atoms with Crippen LogP contribution in [0.15, 0.2) is 48.5 Å². The maximum Gasteiger partial charge on any atom is 0.310 e. The Morgan fingerprint density at radius 3 is 2.31 bits per heavy atom. The van der Waals surface area contributed by atoms with Crippen molar-refractivity contribution in [1.29, 1.82) is 0 Å². The highest BCUT2D eigenvalue weighted by atomic mass is 16.7. The minimum absolute atomic E-state index is 0.357. The predicted octanol–water partition coefficient (Wildman–Crippen LogP) is 0.720. The minimum Gasteiger partial charge on any atom is -0.481 e. The zero-order valence-electron chi connectivity index (χ0n) is 15.8. The van der Waals surface area contributed by atoms with Crippen LogP contribution in [0, 0.1) is 0 Å². The molecule has 156 valence electrons. The van der Waals surface area contributed by atoms with Crippen LogP contribution in [0.5, 0.6) is 5.75 Å². The summed E-state index contributed by atoms with van der Waals surface area (Å²) in [6, 6.07) is 13.9. The fraction of sp³-hybridized carbons (Fsp3) is 0.381. The number of carboxylic acids is 1. The number of hydrogen-bond donors (Lipinski definition) is 5. The third kappa shape index (κ3) is 4.42. The number of benzene rings is 2. The molecular weight excluding hydrogens is 380 g/mol. The van der Waals surface area contributed by atoms with Crippen LogP contribution >= 0.6 is 0 Å². The summed E-state index contributed by atoms with van der Waals surface area (Å²) >= 11 is 0. The Kier molecular flexibility index (Phi) is 6.51. The molecule has 0 amide bonds. The van der Waals surface area contributed by atoms with Gasteiger partial charge in [-0.2, -0.15) is 0 Å². The van der Waals surface area contributed by atoms with Crippen LogP contribution in [0.1, 0.15) is 18.4 Å². The van der Waals surface area contributed by atoms with Crippen molar-refractivity contribution in [3.8, 4) is 16.9 Å². The van der Waals surface area contributed by atoms with E-state index in [1.54, 1.807) is 55.5 Å². The van der Waals surface area contributed by atoms with Gasteiger partial charge in [0.05, 0.1) is 12.5 Å². The number of aliphatic carboxylic acids is 1. The van der Waals surface area contributed by atoms with Crippen molar-refractivity contribution in [2.45, 2.75) is 43.5 Å². The van der Waals surface area contributed by atoms with Crippen molar-refractivity contribution in [3.63, 3.8) is 0 Å². The van der Waals surface area contributed by atoms with Crippen molar-refractivity contribution >= 4 is 5.97 Å². The summed E-state index contributed by atoms with van der Waals surface area (Å²) in [5, 5.41) is 48.5. The van der Waals surface area contributed by atoms with Crippen LogP contribution in [0.25, 0.3) is 11.1 Å². The molecule has 2 aromatic carbocycles. The van der Waals surface area contributed by atoms with E-state index in [2.05, 4.69) is 0 Å². The van der Waals surface area contributed by atoms with Gasteiger partial charge in [0.2, 0.25) is 6.29 Å².